The summed E-state index contributed by atoms with van der Waals surface area (Å²) in [5, 5.41) is 46.8. The first kappa shape index (κ1) is 36.5. The number of aliphatic hydroxyl groups is 2. The van der Waals surface area contributed by atoms with Crippen LogP contribution in [-0.4, -0.2) is 94.7 Å². The maximum atomic E-state index is 13.4. The second-order valence-corrected chi connectivity index (χ2v) is 15.1. The maximum absolute atomic E-state index is 13.4. The Hall–Kier alpha value is -5.46. The Morgan fingerprint density at radius 2 is 1.65 bits per heavy atom. The summed E-state index contributed by atoms with van der Waals surface area (Å²) in [6.45, 7) is -0.245. The molecule has 5 atom stereocenters. The average molecular weight is 774 g/mol. The van der Waals surface area contributed by atoms with E-state index in [1.54, 1.807) is 36.4 Å². The molecule has 8 rings (SSSR count). The highest BCUT2D eigenvalue weighted by Gasteiger charge is 2.52. The molecule has 19 heteroatoms. The zero-order valence-electron chi connectivity index (χ0n) is 28.9. The van der Waals surface area contributed by atoms with Crippen molar-refractivity contribution < 1.29 is 53.5 Å². The fourth-order valence-corrected chi connectivity index (χ4v) is 8.33. The molecule has 1 fully saturated rings. The minimum atomic E-state index is -4.34. The Morgan fingerprint density at radius 3 is 2.38 bits per heavy atom. The summed E-state index contributed by atoms with van der Waals surface area (Å²) in [4.78, 5) is 48.9. The number of anilines is 1. The van der Waals surface area contributed by atoms with Gasteiger partial charge in [0.2, 0.25) is 0 Å². The largest absolute Gasteiger partial charge is 0.508 e. The third-order valence-electron chi connectivity index (χ3n) is 10.1. The van der Waals surface area contributed by atoms with Gasteiger partial charge in [-0.15, -0.1) is 0 Å². The molecular formula is C36H36N7O11P. The number of amides is 1. The Morgan fingerprint density at radius 1 is 0.964 bits per heavy atom. The third-order valence-corrected chi connectivity index (χ3v) is 11.2. The molecule has 1 amide bonds. The molecule has 0 radical (unpaired) electrons. The van der Waals surface area contributed by atoms with Gasteiger partial charge in [0.1, 0.15) is 41.7 Å². The number of aromatic hydroxyl groups is 2. The SMILES string of the molecule is Nc1ncnc2c1ncn2[C@@H]1O[C@H](COP(=O)(O)NCCCCNC(=O)c2ccc3c(c2)C(=O)OC32c3ccc(O)cc3Cc3cc(O)ccc32)[C@@H](O)[C@H]1O. The van der Waals surface area contributed by atoms with Gasteiger partial charge in [0, 0.05) is 35.3 Å². The summed E-state index contributed by atoms with van der Waals surface area (Å²) in [7, 11) is -4.34. The van der Waals surface area contributed by atoms with Gasteiger partial charge in [0.15, 0.2) is 23.3 Å². The molecule has 1 saturated heterocycles. The Labute approximate surface area is 312 Å². The van der Waals surface area contributed by atoms with Crippen LogP contribution in [0, 0.1) is 0 Å². The molecule has 1 spiro atoms. The fourth-order valence-electron chi connectivity index (χ4n) is 7.45. The molecular weight excluding hydrogens is 737 g/mol. The highest BCUT2D eigenvalue weighted by Crippen LogP contribution is 2.53. The van der Waals surface area contributed by atoms with Gasteiger partial charge in [-0.05, 0) is 66.8 Å². The lowest BCUT2D eigenvalue weighted by atomic mass is 9.71. The summed E-state index contributed by atoms with van der Waals surface area (Å²) in [6, 6.07) is 14.5. The van der Waals surface area contributed by atoms with E-state index in [9.17, 15) is 39.5 Å². The van der Waals surface area contributed by atoms with Crippen LogP contribution in [0.15, 0.2) is 67.3 Å². The molecule has 2 aliphatic heterocycles. The van der Waals surface area contributed by atoms with Crippen LogP contribution in [0.2, 0.25) is 0 Å². The van der Waals surface area contributed by atoms with E-state index in [0.29, 0.717) is 36.0 Å². The molecule has 18 nitrogen and oxygen atoms in total. The van der Waals surface area contributed by atoms with Gasteiger partial charge in [-0.2, -0.15) is 0 Å². The van der Waals surface area contributed by atoms with Gasteiger partial charge in [-0.1, -0.05) is 18.2 Å². The number of phenolic OH excluding ortho intramolecular Hbond substituents is 2. The monoisotopic (exact) mass is 773 g/mol. The summed E-state index contributed by atoms with van der Waals surface area (Å²) < 4.78 is 31.1. The summed E-state index contributed by atoms with van der Waals surface area (Å²) in [5.74, 6) is -0.824. The van der Waals surface area contributed by atoms with Crippen LogP contribution in [0.25, 0.3) is 11.2 Å². The number of aromatic nitrogens is 4. The van der Waals surface area contributed by atoms with E-state index in [0.717, 1.165) is 11.1 Å². The predicted octanol–water partition coefficient (Wildman–Crippen LogP) is 1.72. The number of carbonyl (C=O) groups excluding carboxylic acids is 2. The molecule has 5 aromatic rings. The first-order chi connectivity index (χ1) is 26.4. The van der Waals surface area contributed by atoms with Gasteiger partial charge < -0.3 is 45.8 Å². The number of phenols is 2. The predicted molar refractivity (Wildman–Crippen MR) is 192 cm³/mol. The Balaban J connectivity index is 0.839. The number of hydrogen-bond donors (Lipinski definition) is 8. The van der Waals surface area contributed by atoms with Crippen LogP contribution in [0.3, 0.4) is 0 Å². The van der Waals surface area contributed by atoms with Crippen LogP contribution in [0.1, 0.15) is 67.6 Å². The van der Waals surface area contributed by atoms with Crippen molar-refractivity contribution in [3.05, 3.63) is 106 Å². The van der Waals surface area contributed by atoms with Crippen molar-refractivity contribution in [2.45, 2.75) is 49.4 Å². The average Bonchev–Trinajstić information content (AvgIpc) is 3.80. The number of benzene rings is 3. The van der Waals surface area contributed by atoms with Gasteiger partial charge in [-0.25, -0.2) is 29.4 Å². The first-order valence-electron chi connectivity index (χ1n) is 17.3. The van der Waals surface area contributed by atoms with Crippen LogP contribution >= 0.6 is 7.75 Å². The molecule has 2 aromatic heterocycles. The van der Waals surface area contributed by atoms with Crippen LogP contribution in [0.4, 0.5) is 5.82 Å². The maximum Gasteiger partial charge on any atom is 0.403 e. The second-order valence-electron chi connectivity index (χ2n) is 13.5. The quantitative estimate of drug-likeness (QED) is 0.0539. The number of esters is 1. The Kier molecular flexibility index (Phi) is 9.29. The number of carbonyl (C=O) groups is 2. The van der Waals surface area contributed by atoms with E-state index < -0.39 is 56.4 Å². The van der Waals surface area contributed by atoms with Crippen molar-refractivity contribution in [2.24, 2.45) is 0 Å². The number of unbranched alkanes of at least 4 members (excludes halogenated alkanes) is 1. The number of nitrogen functional groups attached to an aromatic ring is 1. The molecule has 4 heterocycles. The molecule has 0 bridgehead atoms. The van der Waals surface area contributed by atoms with E-state index in [2.05, 4.69) is 25.4 Å². The fraction of sp³-hybridized carbons (Fsp3) is 0.306. The standard InChI is InChI=1S/C36H36N7O11P/c37-31-28-32(40-16-39-31)43(17-41-28)34-30(47)29(46)27(53-34)15-52-55(50,51)42-10-2-1-9-38-33(48)18-3-6-26-23(14-18)35(49)54-36(26)24-7-4-21(44)12-19(24)11-20-13-22(45)5-8-25(20)36/h3-8,12-14,16-17,27,29-30,34,44-47H,1-2,9-11,15H2,(H,38,48)(H2,37,39,40)(H2,42,50,51)/t27-,29-,30-,34-/m1/s1. The number of hydrogen-bond acceptors (Lipinski definition) is 14. The third kappa shape index (κ3) is 6.46. The van der Waals surface area contributed by atoms with Crippen LogP contribution < -0.4 is 16.1 Å². The van der Waals surface area contributed by atoms with Crippen molar-refractivity contribution >= 4 is 36.6 Å². The number of nitrogens with two attached hydrogens (primary N) is 1. The summed E-state index contributed by atoms with van der Waals surface area (Å²) in [6.07, 6.45) is -1.40. The number of imidazole rings is 1. The number of fused-ring (bicyclic) bond motifs is 7. The highest BCUT2D eigenvalue weighted by atomic mass is 31.2. The lowest BCUT2D eigenvalue weighted by Gasteiger charge is -2.37. The second kappa shape index (κ2) is 14.0. The molecule has 1 unspecified atom stereocenters. The number of nitrogens with zero attached hydrogens (tertiary/aromatic N) is 4. The van der Waals surface area contributed by atoms with Crippen LogP contribution in [-0.2, 0) is 30.6 Å². The summed E-state index contributed by atoms with van der Waals surface area (Å²) >= 11 is 0. The zero-order chi connectivity index (χ0) is 38.6. The van der Waals surface area contributed by atoms with E-state index in [4.69, 9.17) is 19.7 Å². The lowest BCUT2D eigenvalue weighted by Crippen LogP contribution is -2.35. The number of ether oxygens (including phenoxy) is 2. The minimum absolute atomic E-state index is 0.0520. The van der Waals surface area contributed by atoms with E-state index in [-0.39, 0.29) is 52.7 Å². The number of nitrogens with one attached hydrogen (secondary N) is 2. The minimum Gasteiger partial charge on any atom is -0.508 e. The molecule has 1 aliphatic carbocycles. The molecule has 9 N–H and O–H groups in total. The molecule has 0 saturated carbocycles. The molecule has 55 heavy (non-hydrogen) atoms. The molecule has 3 aromatic carbocycles. The van der Waals surface area contributed by atoms with Crippen LogP contribution in [0.5, 0.6) is 11.5 Å². The van der Waals surface area contributed by atoms with Crippen molar-refractivity contribution in [3.63, 3.8) is 0 Å². The number of aliphatic hydroxyl groups excluding tert-OH is 2. The normalized spacial score (nSPS) is 21.8. The van der Waals surface area contributed by atoms with E-state index >= 15 is 0 Å². The molecule has 286 valence electrons. The van der Waals surface area contributed by atoms with Crippen molar-refractivity contribution in [3.8, 4) is 11.5 Å². The van der Waals surface area contributed by atoms with E-state index in [1.807, 2.05) is 0 Å². The zero-order valence-corrected chi connectivity index (χ0v) is 29.8. The summed E-state index contributed by atoms with van der Waals surface area (Å²) in [5.41, 5.74) is 8.84. The van der Waals surface area contributed by atoms with Gasteiger partial charge in [0.25, 0.3) is 5.91 Å². The van der Waals surface area contributed by atoms with Gasteiger partial charge in [-0.3, -0.25) is 13.9 Å². The first-order valence-corrected chi connectivity index (χ1v) is 18.9. The highest BCUT2D eigenvalue weighted by molar-refractivity contribution is 7.50. The van der Waals surface area contributed by atoms with Crippen molar-refractivity contribution in [1.82, 2.24) is 29.9 Å². The molecule has 3 aliphatic rings. The van der Waals surface area contributed by atoms with Gasteiger partial charge in [0.05, 0.1) is 18.5 Å². The van der Waals surface area contributed by atoms with Crippen molar-refractivity contribution in [2.75, 3.05) is 25.4 Å². The Bertz CT molecular complexity index is 2340. The van der Waals surface area contributed by atoms with E-state index in [1.165, 1.54) is 35.4 Å². The number of rotatable bonds is 11. The van der Waals surface area contributed by atoms with Crippen molar-refractivity contribution in [1.29, 1.82) is 0 Å². The smallest absolute Gasteiger partial charge is 0.403 e. The topological polar surface area (TPSA) is 274 Å². The van der Waals surface area contributed by atoms with Gasteiger partial charge >= 0.3 is 13.7 Å². The lowest BCUT2D eigenvalue weighted by molar-refractivity contribution is -0.0487.